The molecule has 5 nitrogen and oxygen atoms in total. The number of hydrogen-bond acceptors (Lipinski definition) is 5. The van der Waals surface area contributed by atoms with Crippen molar-refractivity contribution in [1.29, 1.82) is 0 Å². The Labute approximate surface area is 105 Å². The summed E-state index contributed by atoms with van der Waals surface area (Å²) in [6, 6.07) is 0. The highest BCUT2D eigenvalue weighted by molar-refractivity contribution is 6.31. The summed E-state index contributed by atoms with van der Waals surface area (Å²) in [7, 11) is 1.72. The van der Waals surface area contributed by atoms with E-state index in [9.17, 15) is 0 Å². The van der Waals surface area contributed by atoms with Crippen LogP contribution in [0.4, 0.5) is 5.95 Å². The molecule has 0 aliphatic heterocycles. The Kier molecular flexibility index (Phi) is 4.02. The number of methoxy groups -OCH3 is 1. The van der Waals surface area contributed by atoms with Crippen LogP contribution in [-0.2, 0) is 4.74 Å². The van der Waals surface area contributed by atoms with Gasteiger partial charge in [0.15, 0.2) is 0 Å². The topological polar surface area (TPSA) is 70.3 Å². The molecular formula is C11H16ClN3O2. The SMILES string of the molecule is COC1CCCC(Oc2nc(N)ncc2Cl)C1. The molecule has 1 aromatic heterocycles. The van der Waals surface area contributed by atoms with Gasteiger partial charge in [0.2, 0.25) is 11.8 Å². The first kappa shape index (κ1) is 12.4. The first-order valence-corrected chi connectivity index (χ1v) is 6.04. The summed E-state index contributed by atoms with van der Waals surface area (Å²) >= 11 is 5.95. The van der Waals surface area contributed by atoms with Gasteiger partial charge in [0.1, 0.15) is 11.1 Å². The zero-order valence-electron chi connectivity index (χ0n) is 9.73. The first-order valence-electron chi connectivity index (χ1n) is 5.66. The average molecular weight is 258 g/mol. The van der Waals surface area contributed by atoms with Crippen LogP contribution in [0, 0.1) is 0 Å². The molecule has 2 rings (SSSR count). The lowest BCUT2D eigenvalue weighted by atomic mass is 9.95. The zero-order chi connectivity index (χ0) is 12.3. The number of ether oxygens (including phenoxy) is 2. The first-order chi connectivity index (χ1) is 8.19. The molecule has 0 amide bonds. The molecule has 1 aromatic rings. The van der Waals surface area contributed by atoms with Crippen molar-refractivity contribution in [1.82, 2.24) is 9.97 Å². The van der Waals surface area contributed by atoms with E-state index >= 15 is 0 Å². The molecule has 2 N–H and O–H groups in total. The highest BCUT2D eigenvalue weighted by Crippen LogP contribution is 2.28. The lowest BCUT2D eigenvalue weighted by Crippen LogP contribution is -2.29. The van der Waals surface area contributed by atoms with Crippen molar-refractivity contribution in [2.75, 3.05) is 12.8 Å². The second-order valence-corrected chi connectivity index (χ2v) is 4.55. The number of nitrogen functional groups attached to an aromatic ring is 1. The molecule has 0 aromatic carbocycles. The van der Waals surface area contributed by atoms with Crippen molar-refractivity contribution in [2.45, 2.75) is 37.9 Å². The molecule has 0 spiro atoms. The number of rotatable bonds is 3. The summed E-state index contributed by atoms with van der Waals surface area (Å²) in [5.74, 6) is 0.532. The van der Waals surface area contributed by atoms with E-state index in [1.807, 2.05) is 0 Å². The van der Waals surface area contributed by atoms with E-state index in [-0.39, 0.29) is 18.2 Å². The monoisotopic (exact) mass is 257 g/mol. The van der Waals surface area contributed by atoms with E-state index in [0.29, 0.717) is 10.9 Å². The Morgan fingerprint density at radius 1 is 1.41 bits per heavy atom. The minimum atomic E-state index is 0.0838. The summed E-state index contributed by atoms with van der Waals surface area (Å²) in [5, 5.41) is 0.388. The molecule has 1 heterocycles. The van der Waals surface area contributed by atoms with Gasteiger partial charge in [-0.3, -0.25) is 0 Å². The molecule has 2 atom stereocenters. The second-order valence-electron chi connectivity index (χ2n) is 4.15. The quantitative estimate of drug-likeness (QED) is 0.897. The zero-order valence-corrected chi connectivity index (χ0v) is 10.5. The van der Waals surface area contributed by atoms with Crippen LogP contribution >= 0.6 is 11.6 Å². The smallest absolute Gasteiger partial charge is 0.237 e. The minimum absolute atomic E-state index is 0.0838. The van der Waals surface area contributed by atoms with Gasteiger partial charge in [-0.2, -0.15) is 4.98 Å². The molecular weight excluding hydrogens is 242 g/mol. The maximum Gasteiger partial charge on any atom is 0.237 e. The van der Waals surface area contributed by atoms with Gasteiger partial charge in [-0.25, -0.2) is 4.98 Å². The molecule has 94 valence electrons. The maximum atomic E-state index is 5.95. The molecule has 0 saturated heterocycles. The van der Waals surface area contributed by atoms with E-state index in [1.54, 1.807) is 7.11 Å². The van der Waals surface area contributed by atoms with Crippen LogP contribution in [0.3, 0.4) is 0 Å². The predicted molar refractivity (Wildman–Crippen MR) is 65.1 cm³/mol. The number of halogens is 1. The van der Waals surface area contributed by atoms with Gasteiger partial charge in [-0.1, -0.05) is 11.6 Å². The van der Waals surface area contributed by atoms with E-state index in [2.05, 4.69) is 9.97 Å². The van der Waals surface area contributed by atoms with Gasteiger partial charge in [0.05, 0.1) is 12.3 Å². The molecule has 1 aliphatic rings. The van der Waals surface area contributed by atoms with Gasteiger partial charge in [0, 0.05) is 13.5 Å². The van der Waals surface area contributed by atoms with Crippen LogP contribution in [0.25, 0.3) is 0 Å². The van der Waals surface area contributed by atoms with Crippen LogP contribution < -0.4 is 10.5 Å². The van der Waals surface area contributed by atoms with Gasteiger partial charge in [-0.05, 0) is 19.3 Å². The second kappa shape index (κ2) is 5.51. The summed E-state index contributed by atoms with van der Waals surface area (Å²) in [6.45, 7) is 0. The molecule has 1 saturated carbocycles. The normalized spacial score (nSPS) is 24.6. The molecule has 1 aliphatic carbocycles. The van der Waals surface area contributed by atoms with Crippen molar-refractivity contribution in [3.05, 3.63) is 11.2 Å². The number of nitrogens with zero attached hydrogens (tertiary/aromatic N) is 2. The number of hydrogen-bond donors (Lipinski definition) is 1. The fraction of sp³-hybridized carbons (Fsp3) is 0.636. The van der Waals surface area contributed by atoms with Crippen molar-refractivity contribution < 1.29 is 9.47 Å². The highest BCUT2D eigenvalue weighted by atomic mass is 35.5. The van der Waals surface area contributed by atoms with E-state index in [0.717, 1.165) is 25.7 Å². The van der Waals surface area contributed by atoms with Crippen LogP contribution in [0.15, 0.2) is 6.20 Å². The lowest BCUT2D eigenvalue weighted by molar-refractivity contribution is 0.0195. The van der Waals surface area contributed by atoms with Gasteiger partial charge >= 0.3 is 0 Å². The van der Waals surface area contributed by atoms with Crippen LogP contribution in [0.5, 0.6) is 5.88 Å². The number of nitrogens with two attached hydrogens (primary N) is 1. The van der Waals surface area contributed by atoms with Crippen LogP contribution in [0.2, 0.25) is 5.02 Å². The highest BCUT2D eigenvalue weighted by Gasteiger charge is 2.24. The van der Waals surface area contributed by atoms with Crippen LogP contribution in [-0.4, -0.2) is 29.3 Å². The standard InChI is InChI=1S/C11H16ClN3O2/c1-16-7-3-2-4-8(5-7)17-10-9(12)6-14-11(13)15-10/h6-8H,2-5H2,1H3,(H2,13,14,15). The van der Waals surface area contributed by atoms with Crippen molar-refractivity contribution >= 4 is 17.5 Å². The summed E-state index contributed by atoms with van der Waals surface area (Å²) in [4.78, 5) is 7.78. The van der Waals surface area contributed by atoms with Crippen molar-refractivity contribution in [2.24, 2.45) is 0 Å². The van der Waals surface area contributed by atoms with Gasteiger partial charge in [0.25, 0.3) is 0 Å². The number of anilines is 1. The van der Waals surface area contributed by atoms with E-state index in [4.69, 9.17) is 26.8 Å². The average Bonchev–Trinajstić information content (AvgIpc) is 2.34. The Balaban J connectivity index is 2.02. The Morgan fingerprint density at radius 2 is 2.18 bits per heavy atom. The lowest BCUT2D eigenvalue weighted by Gasteiger charge is -2.28. The third-order valence-corrected chi connectivity index (χ3v) is 3.18. The Bertz CT molecular complexity index is 389. The van der Waals surface area contributed by atoms with Crippen molar-refractivity contribution in [3.63, 3.8) is 0 Å². The minimum Gasteiger partial charge on any atom is -0.473 e. The summed E-state index contributed by atoms with van der Waals surface area (Å²) in [5.41, 5.74) is 5.50. The molecule has 1 fully saturated rings. The predicted octanol–water partition coefficient (Wildman–Crippen LogP) is 2.05. The Hall–Kier alpha value is -1.07. The maximum absolute atomic E-state index is 5.95. The number of aromatic nitrogens is 2. The third-order valence-electron chi connectivity index (χ3n) is 2.92. The fourth-order valence-electron chi connectivity index (χ4n) is 2.03. The fourth-order valence-corrected chi connectivity index (χ4v) is 2.16. The van der Waals surface area contributed by atoms with E-state index < -0.39 is 0 Å². The summed E-state index contributed by atoms with van der Waals surface area (Å²) < 4.78 is 11.1. The summed E-state index contributed by atoms with van der Waals surface area (Å²) in [6.07, 6.45) is 5.80. The molecule has 6 heteroatoms. The van der Waals surface area contributed by atoms with Gasteiger partial charge < -0.3 is 15.2 Å². The third kappa shape index (κ3) is 3.20. The Morgan fingerprint density at radius 3 is 2.94 bits per heavy atom. The molecule has 0 bridgehead atoms. The van der Waals surface area contributed by atoms with E-state index in [1.165, 1.54) is 6.20 Å². The van der Waals surface area contributed by atoms with Crippen LogP contribution in [0.1, 0.15) is 25.7 Å². The molecule has 2 unspecified atom stereocenters. The largest absolute Gasteiger partial charge is 0.473 e. The molecule has 17 heavy (non-hydrogen) atoms. The van der Waals surface area contributed by atoms with Crippen molar-refractivity contribution in [3.8, 4) is 5.88 Å². The van der Waals surface area contributed by atoms with Gasteiger partial charge in [-0.15, -0.1) is 0 Å². The molecule has 0 radical (unpaired) electrons.